The predicted octanol–water partition coefficient (Wildman–Crippen LogP) is 2.65. The molecule has 0 saturated carbocycles. The van der Waals surface area contributed by atoms with Gasteiger partial charge in [0, 0.05) is 32.2 Å². The Kier molecular flexibility index (Phi) is 5.02. The first-order chi connectivity index (χ1) is 13.2. The lowest BCUT2D eigenvalue weighted by Gasteiger charge is -2.23. The summed E-state index contributed by atoms with van der Waals surface area (Å²) in [5.41, 5.74) is 0.586. The van der Waals surface area contributed by atoms with Crippen LogP contribution in [0.5, 0.6) is 0 Å². The summed E-state index contributed by atoms with van der Waals surface area (Å²) < 4.78 is 1.43. The Morgan fingerprint density at radius 2 is 1.78 bits per heavy atom. The largest absolute Gasteiger partial charge is 0.353 e. The molecule has 1 aromatic carbocycles. The molecule has 7 heteroatoms. The summed E-state index contributed by atoms with van der Waals surface area (Å²) in [6.07, 6.45) is 0.864. The fourth-order valence-electron chi connectivity index (χ4n) is 3.23. The molecule has 1 aliphatic heterocycles. The number of carbonyl (C=O) groups excluding carboxylic acids is 1. The van der Waals surface area contributed by atoms with E-state index in [9.17, 15) is 9.59 Å². The van der Waals surface area contributed by atoms with Crippen molar-refractivity contribution in [2.75, 3.05) is 31.1 Å². The van der Waals surface area contributed by atoms with Crippen LogP contribution in [0.3, 0.4) is 0 Å². The van der Waals surface area contributed by atoms with Gasteiger partial charge in [-0.05, 0) is 36.1 Å². The number of carbonyl (C=O) groups is 1. The van der Waals surface area contributed by atoms with Crippen molar-refractivity contribution in [2.24, 2.45) is 0 Å². The van der Waals surface area contributed by atoms with Gasteiger partial charge in [-0.1, -0.05) is 24.3 Å². The summed E-state index contributed by atoms with van der Waals surface area (Å²) >= 11 is 1.47. The first-order valence-electron chi connectivity index (χ1n) is 8.96. The van der Waals surface area contributed by atoms with Crippen LogP contribution in [-0.2, 0) is 0 Å². The minimum atomic E-state index is -0.158. The summed E-state index contributed by atoms with van der Waals surface area (Å²) in [4.78, 5) is 29.6. The molecule has 1 fully saturated rings. The molecular formula is C20H20N4O2S. The molecule has 27 heavy (non-hydrogen) atoms. The molecule has 3 aromatic rings. The third-order valence-electron chi connectivity index (χ3n) is 4.63. The van der Waals surface area contributed by atoms with Crippen LogP contribution in [0.15, 0.2) is 64.8 Å². The van der Waals surface area contributed by atoms with Gasteiger partial charge in [0.25, 0.3) is 11.5 Å². The predicted molar refractivity (Wildman–Crippen MR) is 107 cm³/mol. The molecule has 2 aromatic heterocycles. The van der Waals surface area contributed by atoms with Crippen molar-refractivity contribution < 1.29 is 4.79 Å². The van der Waals surface area contributed by atoms with E-state index in [0.29, 0.717) is 13.1 Å². The highest BCUT2D eigenvalue weighted by atomic mass is 32.1. The molecule has 0 bridgehead atoms. The first-order valence-corrected chi connectivity index (χ1v) is 9.84. The molecule has 0 unspecified atom stereocenters. The van der Waals surface area contributed by atoms with Crippen molar-refractivity contribution in [2.45, 2.75) is 6.42 Å². The van der Waals surface area contributed by atoms with Crippen LogP contribution in [0.1, 0.15) is 16.1 Å². The Bertz CT molecular complexity index is 969. The third kappa shape index (κ3) is 3.78. The highest BCUT2D eigenvalue weighted by Crippen LogP contribution is 2.17. The van der Waals surface area contributed by atoms with Crippen LogP contribution in [0, 0.1) is 0 Å². The van der Waals surface area contributed by atoms with Gasteiger partial charge >= 0.3 is 0 Å². The number of hydrogen-bond acceptors (Lipinski definition) is 5. The number of rotatable bonds is 3. The van der Waals surface area contributed by atoms with Gasteiger partial charge in [0.15, 0.2) is 0 Å². The summed E-state index contributed by atoms with van der Waals surface area (Å²) in [7, 11) is 0. The average Bonchev–Trinajstić information content (AvgIpc) is 3.13. The number of anilines is 1. The second-order valence-corrected chi connectivity index (χ2v) is 7.33. The van der Waals surface area contributed by atoms with Gasteiger partial charge in [-0.25, -0.2) is 0 Å². The van der Waals surface area contributed by atoms with E-state index >= 15 is 0 Å². The van der Waals surface area contributed by atoms with E-state index in [1.807, 2.05) is 52.7 Å². The molecule has 4 rings (SSSR count). The topological polar surface area (TPSA) is 58.4 Å². The Hall–Kier alpha value is -2.93. The number of thiophene rings is 1. The summed E-state index contributed by atoms with van der Waals surface area (Å²) in [5, 5.41) is 6.48. The first kappa shape index (κ1) is 17.5. The van der Waals surface area contributed by atoms with E-state index < -0.39 is 0 Å². The zero-order valence-electron chi connectivity index (χ0n) is 14.8. The van der Waals surface area contributed by atoms with E-state index in [0.717, 1.165) is 35.9 Å². The van der Waals surface area contributed by atoms with Gasteiger partial charge in [-0.3, -0.25) is 9.59 Å². The van der Waals surface area contributed by atoms with Crippen LogP contribution in [0.25, 0.3) is 5.69 Å². The number of benzene rings is 1. The maximum atomic E-state index is 12.6. The quantitative estimate of drug-likeness (QED) is 0.701. The number of aromatic nitrogens is 2. The van der Waals surface area contributed by atoms with Crippen LogP contribution < -0.4 is 10.5 Å². The monoisotopic (exact) mass is 380 g/mol. The maximum Gasteiger partial charge on any atom is 0.271 e. The van der Waals surface area contributed by atoms with E-state index in [-0.39, 0.29) is 11.5 Å². The summed E-state index contributed by atoms with van der Waals surface area (Å²) in [6, 6.07) is 16.5. The Morgan fingerprint density at radius 3 is 2.56 bits per heavy atom. The van der Waals surface area contributed by atoms with E-state index in [2.05, 4.69) is 10.00 Å². The molecule has 1 saturated heterocycles. The second-order valence-electron chi connectivity index (χ2n) is 6.39. The lowest BCUT2D eigenvalue weighted by molar-refractivity contribution is 0.0772. The zero-order valence-corrected chi connectivity index (χ0v) is 15.6. The van der Waals surface area contributed by atoms with E-state index in [1.54, 1.807) is 12.1 Å². The molecule has 1 aliphatic rings. The van der Waals surface area contributed by atoms with Gasteiger partial charge in [0.2, 0.25) is 0 Å². The van der Waals surface area contributed by atoms with Gasteiger partial charge in [-0.2, -0.15) is 4.68 Å². The van der Waals surface area contributed by atoms with Gasteiger partial charge < -0.3 is 9.80 Å². The Morgan fingerprint density at radius 1 is 0.926 bits per heavy atom. The standard InChI is InChI=1S/C20H20N4O2S/c25-19-10-9-18(21-24(19)16-6-2-1-3-7-16)22-11-5-12-23(14-13-22)20(26)17-8-4-15-27-17/h1-4,6-10,15H,5,11-14H2. The SMILES string of the molecule is O=C(c1cccs1)N1CCCN(c2ccc(=O)n(-c3ccccc3)n2)CC1. The molecule has 0 radical (unpaired) electrons. The van der Waals surface area contributed by atoms with Crippen molar-refractivity contribution >= 4 is 23.1 Å². The molecule has 6 nitrogen and oxygen atoms in total. The minimum Gasteiger partial charge on any atom is -0.353 e. The second kappa shape index (κ2) is 7.75. The van der Waals surface area contributed by atoms with Crippen molar-refractivity contribution in [1.82, 2.24) is 14.7 Å². The van der Waals surface area contributed by atoms with Crippen LogP contribution in [0.2, 0.25) is 0 Å². The van der Waals surface area contributed by atoms with Gasteiger partial charge in [0.05, 0.1) is 10.6 Å². The van der Waals surface area contributed by atoms with Crippen LogP contribution in [-0.4, -0.2) is 46.8 Å². The lowest BCUT2D eigenvalue weighted by atomic mass is 10.3. The molecule has 1 amide bonds. The number of hydrogen-bond donors (Lipinski definition) is 0. The zero-order chi connectivity index (χ0) is 18.6. The molecule has 138 valence electrons. The molecular weight excluding hydrogens is 360 g/mol. The molecule has 0 atom stereocenters. The van der Waals surface area contributed by atoms with E-state index in [4.69, 9.17) is 0 Å². The van der Waals surface area contributed by atoms with E-state index in [1.165, 1.54) is 16.0 Å². The normalized spacial score (nSPS) is 14.8. The smallest absolute Gasteiger partial charge is 0.271 e. The van der Waals surface area contributed by atoms with Crippen molar-refractivity contribution in [3.63, 3.8) is 0 Å². The van der Waals surface area contributed by atoms with Gasteiger partial charge in [0.1, 0.15) is 5.82 Å². The number of para-hydroxylation sites is 1. The Balaban J connectivity index is 1.53. The fraction of sp³-hybridized carbons (Fsp3) is 0.250. The fourth-order valence-corrected chi connectivity index (χ4v) is 3.92. The number of nitrogens with zero attached hydrogens (tertiary/aromatic N) is 4. The minimum absolute atomic E-state index is 0.0917. The summed E-state index contributed by atoms with van der Waals surface area (Å²) in [6.45, 7) is 2.86. The van der Waals surface area contributed by atoms with Gasteiger partial charge in [-0.15, -0.1) is 16.4 Å². The lowest BCUT2D eigenvalue weighted by Crippen LogP contribution is -2.35. The van der Waals surface area contributed by atoms with Crippen molar-refractivity contribution in [3.8, 4) is 5.69 Å². The average molecular weight is 380 g/mol. The Labute approximate surface area is 161 Å². The maximum absolute atomic E-state index is 12.6. The summed E-state index contributed by atoms with van der Waals surface area (Å²) in [5.74, 6) is 0.845. The molecule has 3 heterocycles. The molecule has 0 aliphatic carbocycles. The van der Waals surface area contributed by atoms with Crippen molar-refractivity contribution in [1.29, 1.82) is 0 Å². The van der Waals surface area contributed by atoms with Crippen LogP contribution in [0.4, 0.5) is 5.82 Å². The number of amides is 1. The molecule has 0 spiro atoms. The third-order valence-corrected chi connectivity index (χ3v) is 5.48. The molecule has 0 N–H and O–H groups in total. The highest BCUT2D eigenvalue weighted by molar-refractivity contribution is 7.12. The van der Waals surface area contributed by atoms with Crippen molar-refractivity contribution in [3.05, 3.63) is 75.2 Å². The highest BCUT2D eigenvalue weighted by Gasteiger charge is 2.22. The van der Waals surface area contributed by atoms with Crippen LogP contribution >= 0.6 is 11.3 Å².